The maximum absolute atomic E-state index is 13.8. The number of fused-ring (bicyclic) bond motifs is 1. The molecule has 154 valence electrons. The molecule has 1 saturated heterocycles. The van der Waals surface area contributed by atoms with Crippen LogP contribution in [-0.2, 0) is 16.4 Å². The van der Waals surface area contributed by atoms with Crippen LogP contribution in [0.25, 0.3) is 10.2 Å². The molecule has 1 aliphatic rings. The van der Waals surface area contributed by atoms with Gasteiger partial charge in [-0.1, -0.05) is 30.4 Å². The minimum absolute atomic E-state index is 0.0851. The molecule has 2 heterocycles. The van der Waals surface area contributed by atoms with Gasteiger partial charge >= 0.3 is 0 Å². The Morgan fingerprint density at radius 2 is 1.86 bits per heavy atom. The Labute approximate surface area is 172 Å². The van der Waals surface area contributed by atoms with E-state index in [2.05, 4.69) is 4.98 Å². The highest BCUT2D eigenvalue weighted by atomic mass is 32.2. The molecule has 4 rings (SSSR count). The molecule has 2 aromatic carbocycles. The lowest BCUT2D eigenvalue weighted by Crippen LogP contribution is -2.41. The van der Waals surface area contributed by atoms with Gasteiger partial charge in [-0.25, -0.2) is 17.2 Å². The summed E-state index contributed by atoms with van der Waals surface area (Å²) in [5.74, 6) is -1.38. The first-order chi connectivity index (χ1) is 13.9. The zero-order valence-electron chi connectivity index (χ0n) is 15.8. The van der Waals surface area contributed by atoms with Crippen LogP contribution in [0.15, 0.2) is 41.3 Å². The van der Waals surface area contributed by atoms with Crippen LogP contribution in [0.1, 0.15) is 25.3 Å². The fourth-order valence-corrected chi connectivity index (χ4v) is 5.76. The Balaban J connectivity index is 1.42. The van der Waals surface area contributed by atoms with Crippen molar-refractivity contribution in [3.8, 4) is 5.19 Å². The van der Waals surface area contributed by atoms with Gasteiger partial charge in [-0.3, -0.25) is 0 Å². The number of aromatic nitrogens is 1. The van der Waals surface area contributed by atoms with Gasteiger partial charge in [-0.15, -0.1) is 0 Å². The predicted octanol–water partition coefficient (Wildman–Crippen LogP) is 4.37. The van der Waals surface area contributed by atoms with Crippen LogP contribution in [-0.4, -0.2) is 36.9 Å². The van der Waals surface area contributed by atoms with E-state index in [1.807, 2.05) is 19.1 Å². The van der Waals surface area contributed by atoms with E-state index in [1.165, 1.54) is 10.4 Å². The van der Waals surface area contributed by atoms with Crippen molar-refractivity contribution in [2.45, 2.75) is 37.2 Å². The summed E-state index contributed by atoms with van der Waals surface area (Å²) >= 11 is 1.08. The molecular formula is C20H20F2N2O3S2. The third kappa shape index (κ3) is 4.12. The van der Waals surface area contributed by atoms with E-state index >= 15 is 0 Å². The number of hydrogen-bond donors (Lipinski definition) is 0. The first kappa shape index (κ1) is 20.2. The van der Waals surface area contributed by atoms with Crippen molar-refractivity contribution < 1.29 is 21.9 Å². The number of hydrogen-bond acceptors (Lipinski definition) is 5. The van der Waals surface area contributed by atoms with Crippen LogP contribution in [0.5, 0.6) is 5.19 Å². The van der Waals surface area contributed by atoms with E-state index in [0.717, 1.165) is 29.4 Å². The molecule has 0 atom stereocenters. The van der Waals surface area contributed by atoms with Crippen molar-refractivity contribution in [3.63, 3.8) is 0 Å². The average molecular weight is 439 g/mol. The van der Waals surface area contributed by atoms with Crippen LogP contribution in [0.3, 0.4) is 0 Å². The maximum atomic E-state index is 13.8. The molecule has 29 heavy (non-hydrogen) atoms. The molecule has 5 nitrogen and oxygen atoms in total. The summed E-state index contributed by atoms with van der Waals surface area (Å²) in [6, 6.07) is 8.97. The number of piperidine rings is 1. The SMILES string of the molecule is CCc1ccc(S(=O)(=O)N2CCC(Oc3nc4c(F)cc(F)cc4s3)CC2)cc1. The summed E-state index contributed by atoms with van der Waals surface area (Å²) < 4.78 is 60.5. The molecule has 0 amide bonds. The fraction of sp³-hybridized carbons (Fsp3) is 0.350. The molecule has 9 heteroatoms. The predicted molar refractivity (Wildman–Crippen MR) is 108 cm³/mol. The average Bonchev–Trinajstić information content (AvgIpc) is 3.11. The molecule has 0 bridgehead atoms. The number of nitrogens with zero attached hydrogens (tertiary/aromatic N) is 2. The topological polar surface area (TPSA) is 59.5 Å². The largest absolute Gasteiger partial charge is 0.467 e. The lowest BCUT2D eigenvalue weighted by atomic mass is 10.1. The van der Waals surface area contributed by atoms with E-state index < -0.39 is 21.7 Å². The summed E-state index contributed by atoms with van der Waals surface area (Å²) in [7, 11) is -3.54. The highest BCUT2D eigenvalue weighted by Gasteiger charge is 2.30. The Morgan fingerprint density at radius 1 is 1.17 bits per heavy atom. The second-order valence-electron chi connectivity index (χ2n) is 6.93. The van der Waals surface area contributed by atoms with Gasteiger partial charge in [0.1, 0.15) is 17.4 Å². The maximum Gasteiger partial charge on any atom is 0.274 e. The number of benzene rings is 2. The minimum Gasteiger partial charge on any atom is -0.467 e. The zero-order valence-corrected chi connectivity index (χ0v) is 17.4. The lowest BCUT2D eigenvalue weighted by molar-refractivity contribution is 0.135. The lowest BCUT2D eigenvalue weighted by Gasteiger charge is -2.30. The number of sulfonamides is 1. The van der Waals surface area contributed by atoms with Crippen molar-refractivity contribution in [2.75, 3.05) is 13.1 Å². The quantitative estimate of drug-likeness (QED) is 0.594. The van der Waals surface area contributed by atoms with E-state index in [-0.39, 0.29) is 21.7 Å². The number of halogens is 2. The molecule has 0 aliphatic carbocycles. The fourth-order valence-electron chi connectivity index (χ4n) is 3.37. The standard InChI is InChI=1S/C20H20F2N2O3S2/c1-2-13-3-5-16(6-4-13)29(25,26)24-9-7-15(8-10-24)27-20-23-19-17(22)11-14(21)12-18(19)28-20/h3-6,11-12,15H,2,7-10H2,1H3. The van der Waals surface area contributed by atoms with E-state index in [0.29, 0.717) is 30.6 Å². The van der Waals surface area contributed by atoms with Gasteiger partial charge < -0.3 is 4.74 Å². The molecule has 0 saturated carbocycles. The Kier molecular flexibility index (Phi) is 5.54. The van der Waals surface area contributed by atoms with Gasteiger partial charge in [0.2, 0.25) is 10.0 Å². The second kappa shape index (κ2) is 7.97. The number of thiazole rings is 1. The molecule has 3 aromatic rings. The summed E-state index contributed by atoms with van der Waals surface area (Å²) in [4.78, 5) is 4.39. The van der Waals surface area contributed by atoms with Crippen molar-refractivity contribution >= 4 is 31.6 Å². The number of aryl methyl sites for hydroxylation is 1. The van der Waals surface area contributed by atoms with Crippen molar-refractivity contribution in [1.29, 1.82) is 0 Å². The summed E-state index contributed by atoms with van der Waals surface area (Å²) in [6.07, 6.45) is 1.63. The van der Waals surface area contributed by atoms with Gasteiger partial charge in [-0.2, -0.15) is 9.29 Å². The number of ether oxygens (including phenoxy) is 1. The normalized spacial score (nSPS) is 16.4. The monoisotopic (exact) mass is 438 g/mol. The third-order valence-electron chi connectivity index (χ3n) is 5.03. The van der Waals surface area contributed by atoms with Crippen LogP contribution >= 0.6 is 11.3 Å². The van der Waals surface area contributed by atoms with E-state index in [4.69, 9.17) is 4.74 Å². The van der Waals surface area contributed by atoms with Crippen molar-refractivity contribution in [2.24, 2.45) is 0 Å². The molecular weight excluding hydrogens is 418 g/mol. The van der Waals surface area contributed by atoms with Crippen LogP contribution in [0.4, 0.5) is 8.78 Å². The summed E-state index contributed by atoms with van der Waals surface area (Å²) in [6.45, 7) is 2.68. The third-order valence-corrected chi connectivity index (χ3v) is 7.84. The molecule has 0 unspecified atom stereocenters. The summed E-state index contributed by atoms with van der Waals surface area (Å²) in [5, 5.41) is 0.265. The zero-order chi connectivity index (χ0) is 20.6. The molecule has 0 radical (unpaired) electrons. The first-order valence-electron chi connectivity index (χ1n) is 9.38. The number of rotatable bonds is 5. The van der Waals surface area contributed by atoms with Gasteiger partial charge in [-0.05, 0) is 43.0 Å². The van der Waals surface area contributed by atoms with Crippen LogP contribution in [0.2, 0.25) is 0 Å². The molecule has 1 aliphatic heterocycles. The molecule has 1 fully saturated rings. The van der Waals surface area contributed by atoms with Gasteiger partial charge in [0.05, 0.1) is 9.60 Å². The highest BCUT2D eigenvalue weighted by Crippen LogP contribution is 2.32. The second-order valence-corrected chi connectivity index (χ2v) is 9.86. The van der Waals surface area contributed by atoms with Crippen LogP contribution in [0, 0.1) is 11.6 Å². The van der Waals surface area contributed by atoms with Gasteiger partial charge in [0.15, 0.2) is 5.82 Å². The Hall–Kier alpha value is -2.10. The molecule has 0 spiro atoms. The van der Waals surface area contributed by atoms with Crippen molar-refractivity contribution in [1.82, 2.24) is 9.29 Å². The molecule has 1 aromatic heterocycles. The Morgan fingerprint density at radius 3 is 2.52 bits per heavy atom. The highest BCUT2D eigenvalue weighted by molar-refractivity contribution is 7.89. The van der Waals surface area contributed by atoms with Crippen molar-refractivity contribution in [3.05, 3.63) is 53.6 Å². The summed E-state index contributed by atoms with van der Waals surface area (Å²) in [5.41, 5.74) is 1.17. The van der Waals surface area contributed by atoms with Gasteiger partial charge in [0, 0.05) is 19.2 Å². The first-order valence-corrected chi connectivity index (χ1v) is 11.6. The minimum atomic E-state index is -3.54. The Bertz CT molecular complexity index is 1120. The van der Waals surface area contributed by atoms with E-state index in [1.54, 1.807) is 12.1 Å². The van der Waals surface area contributed by atoms with E-state index in [9.17, 15) is 17.2 Å². The molecule has 0 N–H and O–H groups in total. The van der Waals surface area contributed by atoms with Gasteiger partial charge in [0.25, 0.3) is 5.19 Å². The smallest absolute Gasteiger partial charge is 0.274 e. The van der Waals surface area contributed by atoms with Crippen LogP contribution < -0.4 is 4.74 Å².